The van der Waals surface area contributed by atoms with Crippen molar-refractivity contribution in [3.8, 4) is 11.4 Å². The average molecular weight is 218 g/mol. The van der Waals surface area contributed by atoms with Gasteiger partial charge in [0.15, 0.2) is 12.4 Å². The normalized spacial score (nSPS) is 10.2. The third-order valence-electron chi connectivity index (χ3n) is 2.21. The molecule has 2 aromatic heterocycles. The van der Waals surface area contributed by atoms with Crippen molar-refractivity contribution < 1.29 is 9.46 Å². The van der Waals surface area contributed by atoms with Gasteiger partial charge in [-0.2, -0.15) is 9.46 Å². The van der Waals surface area contributed by atoms with Gasteiger partial charge in [-0.1, -0.05) is 0 Å². The second kappa shape index (κ2) is 3.58. The number of nitrogen functional groups attached to an aromatic ring is 2. The molecule has 0 atom stereocenters. The molecule has 82 valence electrons. The monoisotopic (exact) mass is 218 g/mol. The molecule has 0 spiro atoms. The first-order chi connectivity index (χ1) is 7.61. The van der Waals surface area contributed by atoms with E-state index in [2.05, 4.69) is 0 Å². The highest BCUT2D eigenvalue weighted by molar-refractivity contribution is 5.73. The number of hydrogen-bond donors (Lipinski definition) is 2. The van der Waals surface area contributed by atoms with Crippen molar-refractivity contribution in [3.05, 3.63) is 47.1 Å². The zero-order valence-electron chi connectivity index (χ0n) is 8.33. The fraction of sp³-hybridized carbons (Fsp3) is 0. The maximum absolute atomic E-state index is 11.6. The van der Waals surface area contributed by atoms with Gasteiger partial charge in [0, 0.05) is 12.1 Å². The summed E-state index contributed by atoms with van der Waals surface area (Å²) in [6.45, 7) is 0. The lowest BCUT2D eigenvalue weighted by Gasteiger charge is -2.08. The Bertz CT molecular complexity index is 452. The Morgan fingerprint density at radius 2 is 1.19 bits per heavy atom. The minimum Gasteiger partial charge on any atom is -0.618 e. The Labute approximate surface area is 91.5 Å². The van der Waals surface area contributed by atoms with Crippen molar-refractivity contribution in [1.82, 2.24) is 0 Å². The van der Waals surface area contributed by atoms with Gasteiger partial charge in [0.05, 0.1) is 0 Å². The molecular formula is C10H10N4O2. The van der Waals surface area contributed by atoms with Crippen LogP contribution < -0.4 is 20.9 Å². The van der Waals surface area contributed by atoms with E-state index in [9.17, 15) is 10.4 Å². The van der Waals surface area contributed by atoms with Crippen LogP contribution in [0.2, 0.25) is 0 Å². The minimum absolute atomic E-state index is 0.0654. The van der Waals surface area contributed by atoms with Crippen LogP contribution in [0.15, 0.2) is 36.7 Å². The van der Waals surface area contributed by atoms with Gasteiger partial charge in [-0.15, -0.1) is 0 Å². The second-order valence-electron chi connectivity index (χ2n) is 3.28. The Balaban J connectivity index is 2.77. The number of anilines is 2. The highest BCUT2D eigenvalue weighted by atomic mass is 16.5. The third kappa shape index (κ3) is 1.46. The van der Waals surface area contributed by atoms with Gasteiger partial charge in [0.25, 0.3) is 0 Å². The summed E-state index contributed by atoms with van der Waals surface area (Å²) in [5.74, 6) is 0. The van der Waals surface area contributed by atoms with Crippen LogP contribution in [0.3, 0.4) is 0 Å². The van der Waals surface area contributed by atoms with E-state index in [0.29, 0.717) is 9.46 Å². The molecular weight excluding hydrogens is 208 g/mol. The quantitative estimate of drug-likeness (QED) is 0.510. The highest BCUT2D eigenvalue weighted by Crippen LogP contribution is 2.22. The molecule has 6 heteroatoms. The zero-order valence-corrected chi connectivity index (χ0v) is 8.33. The molecule has 2 aromatic rings. The Morgan fingerprint density at radius 1 is 0.812 bits per heavy atom. The molecule has 0 radical (unpaired) electrons. The van der Waals surface area contributed by atoms with E-state index in [4.69, 9.17) is 11.5 Å². The van der Waals surface area contributed by atoms with E-state index < -0.39 is 0 Å². The summed E-state index contributed by atoms with van der Waals surface area (Å²) in [7, 11) is 0. The van der Waals surface area contributed by atoms with Gasteiger partial charge in [0.1, 0.15) is 11.4 Å². The molecule has 16 heavy (non-hydrogen) atoms. The van der Waals surface area contributed by atoms with Crippen molar-refractivity contribution in [1.29, 1.82) is 0 Å². The van der Waals surface area contributed by atoms with E-state index in [1.807, 2.05) is 0 Å². The summed E-state index contributed by atoms with van der Waals surface area (Å²) in [5, 5.41) is 23.1. The van der Waals surface area contributed by atoms with Crippen molar-refractivity contribution in [2.24, 2.45) is 0 Å². The molecule has 0 aromatic carbocycles. The molecule has 0 bridgehead atoms. The average Bonchev–Trinajstić information content (AvgIpc) is 2.21. The molecule has 6 nitrogen and oxygen atoms in total. The SMILES string of the molecule is Nc1ccc[n+]([O-])c1-c1c(N)ccc[n+]1[O-]. The van der Waals surface area contributed by atoms with Gasteiger partial charge in [-0.05, 0) is 12.1 Å². The first-order valence-electron chi connectivity index (χ1n) is 4.57. The van der Waals surface area contributed by atoms with Crippen LogP contribution in [0, 0.1) is 10.4 Å². The fourth-order valence-electron chi connectivity index (χ4n) is 1.49. The van der Waals surface area contributed by atoms with Gasteiger partial charge in [-0.25, -0.2) is 0 Å². The summed E-state index contributed by atoms with van der Waals surface area (Å²) >= 11 is 0. The van der Waals surface area contributed by atoms with Crippen molar-refractivity contribution in [2.75, 3.05) is 11.5 Å². The van der Waals surface area contributed by atoms with E-state index in [1.165, 1.54) is 36.7 Å². The summed E-state index contributed by atoms with van der Waals surface area (Å²) in [6.07, 6.45) is 2.52. The molecule has 0 aliphatic rings. The van der Waals surface area contributed by atoms with Crippen LogP contribution in [-0.4, -0.2) is 0 Å². The lowest BCUT2D eigenvalue weighted by molar-refractivity contribution is -0.624. The Kier molecular flexibility index (Phi) is 2.24. The standard InChI is InChI=1S/C10H10N4O2/c11-7-3-1-5-13(15)9(7)10-8(12)4-2-6-14(10)16/h1-6H,11-12H2. The first-order valence-corrected chi connectivity index (χ1v) is 4.57. The molecule has 0 aliphatic carbocycles. The van der Waals surface area contributed by atoms with Crippen LogP contribution in [0.25, 0.3) is 11.4 Å². The topological polar surface area (TPSA) is 106 Å². The van der Waals surface area contributed by atoms with Crippen molar-refractivity contribution >= 4 is 11.4 Å². The molecule has 0 unspecified atom stereocenters. The number of aromatic nitrogens is 2. The molecule has 4 N–H and O–H groups in total. The largest absolute Gasteiger partial charge is 0.618 e. The van der Waals surface area contributed by atoms with Crippen LogP contribution in [0.1, 0.15) is 0 Å². The molecule has 0 amide bonds. The van der Waals surface area contributed by atoms with Gasteiger partial charge in [-0.3, -0.25) is 0 Å². The predicted molar refractivity (Wildman–Crippen MR) is 58.6 cm³/mol. The Hall–Kier alpha value is -2.50. The van der Waals surface area contributed by atoms with Crippen LogP contribution in [-0.2, 0) is 0 Å². The lowest BCUT2D eigenvalue weighted by atomic mass is 10.2. The van der Waals surface area contributed by atoms with Gasteiger partial charge < -0.3 is 21.9 Å². The summed E-state index contributed by atoms with van der Waals surface area (Å²) in [6, 6.07) is 6.08. The molecule has 0 saturated carbocycles. The Morgan fingerprint density at radius 3 is 1.50 bits per heavy atom. The summed E-state index contributed by atoms with van der Waals surface area (Å²) in [4.78, 5) is 0. The minimum atomic E-state index is 0.0654. The highest BCUT2D eigenvalue weighted by Gasteiger charge is 2.24. The molecule has 0 aliphatic heterocycles. The number of nitrogens with zero attached hydrogens (tertiary/aromatic N) is 2. The zero-order chi connectivity index (χ0) is 11.7. The molecule has 2 heterocycles. The molecule has 0 fully saturated rings. The van der Waals surface area contributed by atoms with Crippen LogP contribution in [0.4, 0.5) is 11.4 Å². The summed E-state index contributed by atoms with van der Waals surface area (Å²) < 4.78 is 1.05. The van der Waals surface area contributed by atoms with Gasteiger partial charge >= 0.3 is 11.4 Å². The number of pyridine rings is 2. The molecule has 2 rings (SSSR count). The van der Waals surface area contributed by atoms with E-state index in [0.717, 1.165) is 0 Å². The van der Waals surface area contributed by atoms with Crippen LogP contribution >= 0.6 is 0 Å². The van der Waals surface area contributed by atoms with Crippen molar-refractivity contribution in [2.45, 2.75) is 0 Å². The molecule has 0 saturated heterocycles. The summed E-state index contributed by atoms with van der Waals surface area (Å²) in [5.41, 5.74) is 11.9. The lowest BCUT2D eigenvalue weighted by Crippen LogP contribution is -2.37. The van der Waals surface area contributed by atoms with E-state index >= 15 is 0 Å². The van der Waals surface area contributed by atoms with Crippen molar-refractivity contribution in [3.63, 3.8) is 0 Å². The number of hydrogen-bond acceptors (Lipinski definition) is 4. The van der Waals surface area contributed by atoms with E-state index in [-0.39, 0.29) is 22.8 Å². The number of nitrogens with two attached hydrogens (primary N) is 2. The first kappa shape index (κ1) is 10.0. The predicted octanol–water partition coefficient (Wildman–Crippen LogP) is -0.215. The smallest absolute Gasteiger partial charge is 0.315 e. The fourth-order valence-corrected chi connectivity index (χ4v) is 1.49. The maximum atomic E-state index is 11.6. The maximum Gasteiger partial charge on any atom is 0.315 e. The third-order valence-corrected chi connectivity index (χ3v) is 2.21. The van der Waals surface area contributed by atoms with E-state index in [1.54, 1.807) is 0 Å². The van der Waals surface area contributed by atoms with Crippen LogP contribution in [0.5, 0.6) is 0 Å². The van der Waals surface area contributed by atoms with Gasteiger partial charge in [0.2, 0.25) is 0 Å². The second-order valence-corrected chi connectivity index (χ2v) is 3.28. The number of rotatable bonds is 1.